The molecule has 3 fully saturated rings. The first-order valence-corrected chi connectivity index (χ1v) is 37.4. The second-order valence-electron chi connectivity index (χ2n) is 26.7. The van der Waals surface area contributed by atoms with Crippen LogP contribution in [0.2, 0.25) is 0 Å². The van der Waals surface area contributed by atoms with Crippen LogP contribution in [0.25, 0.3) is 0 Å². The summed E-state index contributed by atoms with van der Waals surface area (Å²) in [6.45, 7) is 5.09. The lowest BCUT2D eigenvalue weighted by Crippen LogP contribution is -2.46. The van der Waals surface area contributed by atoms with Gasteiger partial charge in [0.05, 0.1) is 39.6 Å². The molecule has 3 heterocycles. The van der Waals surface area contributed by atoms with E-state index < -0.39 is 73.8 Å². The fourth-order valence-electron chi connectivity index (χ4n) is 13.1. The zero-order valence-electron chi connectivity index (χ0n) is 58.5. The van der Waals surface area contributed by atoms with Crippen molar-refractivity contribution in [2.75, 3.05) is 19.8 Å². The number of rotatable bonds is 52. The number of unbranched alkanes of at least 4 members (excludes halogenated alkanes) is 24. The highest BCUT2D eigenvalue weighted by Gasteiger charge is 2.55. The quantitative estimate of drug-likeness (QED) is 0.0288. The Labute approximate surface area is 580 Å². The van der Waals surface area contributed by atoms with Gasteiger partial charge in [-0.3, -0.25) is 9.59 Å². The van der Waals surface area contributed by atoms with E-state index in [0.717, 1.165) is 66.3 Å². The zero-order chi connectivity index (χ0) is 67.6. The molecule has 8 rings (SSSR count). The van der Waals surface area contributed by atoms with Crippen molar-refractivity contribution in [2.45, 2.75) is 300 Å². The molecule has 1 N–H and O–H groups in total. The van der Waals surface area contributed by atoms with E-state index in [1.807, 2.05) is 152 Å². The van der Waals surface area contributed by atoms with Crippen LogP contribution in [0.15, 0.2) is 152 Å². The number of carbonyl (C=O) groups is 2. The van der Waals surface area contributed by atoms with E-state index in [4.69, 9.17) is 56.8 Å². The molecule has 97 heavy (non-hydrogen) atoms. The minimum atomic E-state index is -1.47. The molecule has 5 aromatic carbocycles. The predicted octanol–water partition coefficient (Wildman–Crippen LogP) is 17.5. The van der Waals surface area contributed by atoms with Crippen LogP contribution >= 0.6 is 0 Å². The molecular formula is C82H116O15. The molecule has 15 nitrogen and oxygen atoms in total. The van der Waals surface area contributed by atoms with Crippen LogP contribution in [0.1, 0.15) is 221 Å². The maximum absolute atomic E-state index is 13.6. The van der Waals surface area contributed by atoms with Crippen molar-refractivity contribution in [1.82, 2.24) is 0 Å². The molecule has 0 saturated carbocycles. The highest BCUT2D eigenvalue weighted by molar-refractivity contribution is 5.69. The van der Waals surface area contributed by atoms with Crippen LogP contribution in [0, 0.1) is 0 Å². The van der Waals surface area contributed by atoms with E-state index in [9.17, 15) is 14.7 Å². The van der Waals surface area contributed by atoms with Gasteiger partial charge >= 0.3 is 11.9 Å². The van der Waals surface area contributed by atoms with Gasteiger partial charge in [-0.05, 0) is 40.7 Å². The Balaban J connectivity index is 0.965. The minimum Gasteiger partial charge on any atom is -0.463 e. The van der Waals surface area contributed by atoms with Crippen molar-refractivity contribution in [2.24, 2.45) is 0 Å². The van der Waals surface area contributed by atoms with Crippen molar-refractivity contribution in [3.05, 3.63) is 179 Å². The highest BCUT2D eigenvalue weighted by atomic mass is 16.8. The van der Waals surface area contributed by atoms with Gasteiger partial charge in [-0.1, -0.05) is 320 Å². The smallest absolute Gasteiger partial charge is 0.305 e. The van der Waals surface area contributed by atoms with E-state index in [1.54, 1.807) is 0 Å². The zero-order valence-corrected chi connectivity index (χ0v) is 58.5. The molecular weight excluding hydrogens is 1220 g/mol. The Morgan fingerprint density at radius 3 is 0.928 bits per heavy atom. The summed E-state index contributed by atoms with van der Waals surface area (Å²) >= 11 is 0. The molecule has 12 atom stereocenters. The van der Waals surface area contributed by atoms with Crippen LogP contribution in [-0.4, -0.2) is 111 Å². The molecule has 3 aliphatic heterocycles. The van der Waals surface area contributed by atoms with Gasteiger partial charge in [-0.2, -0.15) is 0 Å². The van der Waals surface area contributed by atoms with Crippen LogP contribution < -0.4 is 0 Å². The summed E-state index contributed by atoms with van der Waals surface area (Å²) in [4.78, 5) is 27.1. The van der Waals surface area contributed by atoms with Gasteiger partial charge in [0.25, 0.3) is 0 Å². The van der Waals surface area contributed by atoms with Crippen molar-refractivity contribution in [3.63, 3.8) is 0 Å². The first-order valence-electron chi connectivity index (χ1n) is 37.4. The number of aliphatic hydroxyl groups excluding tert-OH is 1. The van der Waals surface area contributed by atoms with E-state index in [-0.39, 0.29) is 64.8 Å². The van der Waals surface area contributed by atoms with E-state index in [0.29, 0.717) is 12.8 Å². The second kappa shape index (κ2) is 46.8. The Kier molecular flexibility index (Phi) is 37.4. The SMILES string of the molecule is CCCCCCCCCCCCCCCC(=O)OC[C@H]1O[C@H](OC[C@H]2O[C@H](O)[C@@H](OCc3ccccc3)[C@@H]2O[C@H]2O[C@H](COC(=O)CCCCCCCCCCCCCCC)[C@@H](OCc3ccccc3)[C@@H]2OCc2ccccc2)[C@@H](OCc2ccccc2)[C@@H]1OCc1ccccc1. The second-order valence-corrected chi connectivity index (χ2v) is 26.7. The van der Waals surface area contributed by atoms with Crippen molar-refractivity contribution in [3.8, 4) is 0 Å². The Bertz CT molecular complexity index is 2780. The summed E-state index contributed by atoms with van der Waals surface area (Å²) in [6, 6.07) is 49.1. The topological polar surface area (TPSA) is 165 Å². The molecule has 15 heteroatoms. The Morgan fingerprint density at radius 2 is 0.588 bits per heavy atom. The molecule has 0 unspecified atom stereocenters. The number of benzene rings is 5. The third-order valence-corrected chi connectivity index (χ3v) is 18.7. The molecule has 0 radical (unpaired) electrons. The molecule has 534 valence electrons. The average molecular weight is 1340 g/mol. The van der Waals surface area contributed by atoms with Gasteiger partial charge in [0.15, 0.2) is 18.9 Å². The lowest BCUT2D eigenvalue weighted by Gasteiger charge is -2.30. The monoisotopic (exact) mass is 1340 g/mol. The molecule has 0 aliphatic carbocycles. The van der Waals surface area contributed by atoms with Gasteiger partial charge < -0.3 is 61.9 Å². The number of carbonyl (C=O) groups excluding carboxylic acids is 2. The highest BCUT2D eigenvalue weighted by Crippen LogP contribution is 2.37. The summed E-state index contributed by atoms with van der Waals surface area (Å²) in [6.07, 6.45) is 20.4. The Hall–Kier alpha value is -5.40. The van der Waals surface area contributed by atoms with E-state index >= 15 is 0 Å². The van der Waals surface area contributed by atoms with Crippen molar-refractivity contribution < 1.29 is 71.5 Å². The van der Waals surface area contributed by atoms with Gasteiger partial charge in [0, 0.05) is 12.8 Å². The number of esters is 2. The fourth-order valence-corrected chi connectivity index (χ4v) is 13.1. The molecule has 3 aliphatic rings. The fraction of sp³-hybridized carbons (Fsp3) is 0.610. The number of hydrogen-bond acceptors (Lipinski definition) is 15. The largest absolute Gasteiger partial charge is 0.463 e. The van der Waals surface area contributed by atoms with E-state index in [2.05, 4.69) is 13.8 Å². The molecule has 0 bridgehead atoms. The third kappa shape index (κ3) is 29.0. The normalized spacial score (nSPS) is 23.1. The third-order valence-electron chi connectivity index (χ3n) is 18.7. The molecule has 3 saturated heterocycles. The maximum atomic E-state index is 13.6. The van der Waals surface area contributed by atoms with Gasteiger partial charge in [0.2, 0.25) is 0 Å². The van der Waals surface area contributed by atoms with Crippen LogP contribution in [0.3, 0.4) is 0 Å². The number of hydrogen-bond donors (Lipinski definition) is 1. The summed E-state index contributed by atoms with van der Waals surface area (Å²) in [5, 5.41) is 12.0. The maximum Gasteiger partial charge on any atom is 0.305 e. The lowest BCUT2D eigenvalue weighted by molar-refractivity contribution is -0.239. The predicted molar refractivity (Wildman–Crippen MR) is 377 cm³/mol. The molecule has 5 aromatic rings. The van der Waals surface area contributed by atoms with Crippen LogP contribution in [0.4, 0.5) is 0 Å². The lowest BCUT2D eigenvalue weighted by atomic mass is 10.0. The van der Waals surface area contributed by atoms with Gasteiger partial charge in [-0.25, -0.2) is 0 Å². The first-order chi connectivity index (χ1) is 47.8. The summed E-state index contributed by atoms with van der Waals surface area (Å²) in [5.74, 6) is -0.607. The van der Waals surface area contributed by atoms with Gasteiger partial charge in [0.1, 0.15) is 68.1 Å². The summed E-state index contributed by atoms with van der Waals surface area (Å²) in [5.41, 5.74) is 4.60. The van der Waals surface area contributed by atoms with Crippen LogP contribution in [0.5, 0.6) is 0 Å². The number of aliphatic hydroxyl groups is 1. The summed E-state index contributed by atoms with van der Waals surface area (Å²) in [7, 11) is 0. The summed E-state index contributed by atoms with van der Waals surface area (Å²) < 4.78 is 80.0. The molecule has 0 aromatic heterocycles. The average Bonchev–Trinajstić information content (AvgIpc) is 1.65. The van der Waals surface area contributed by atoms with Gasteiger partial charge in [-0.15, -0.1) is 0 Å². The first kappa shape index (κ1) is 77.3. The Morgan fingerprint density at radius 1 is 0.309 bits per heavy atom. The van der Waals surface area contributed by atoms with Crippen molar-refractivity contribution >= 4 is 11.9 Å². The number of ether oxygens (including phenoxy) is 12. The van der Waals surface area contributed by atoms with Crippen molar-refractivity contribution in [1.29, 1.82) is 0 Å². The molecule has 0 amide bonds. The van der Waals surface area contributed by atoms with Crippen LogP contribution in [-0.2, 0) is 99.5 Å². The standard InChI is InChI=1S/C82H116O15/c1-3-5-7-9-11-13-15-17-19-21-23-25-42-54-72(83)86-61-69-74(88-56-64-44-32-27-33-45-64)78(91-59-67-50-38-30-39-51-67)81(95-69)93-63-71-76(77(80(85)94-71)90-58-66-48-36-29-37-49-66)97-82-79(92-60-68-52-40-31-41-53-68)75(89-57-65-46-34-28-35-47-65)70(96-82)62-87-73(84)55-43-26-24-22-20-18-16-14-12-10-8-6-4-2/h27-41,44-53,69-71,74-82,85H,3-26,42-43,54-63H2,1-2H3/t69-,70-,71-,74-,75-,76-,77+,78+,79+,80+,81+,82-/m1/s1. The minimum absolute atomic E-state index is 0.0889. The molecule has 0 spiro atoms. The van der Waals surface area contributed by atoms with E-state index in [1.165, 1.54) is 128 Å².